The molecule has 0 radical (unpaired) electrons. The zero-order valence-corrected chi connectivity index (χ0v) is 14.8. The number of benzene rings is 4. The second-order valence-electron chi connectivity index (χ2n) is 6.52. The summed E-state index contributed by atoms with van der Waals surface area (Å²) in [7, 11) is 0. The lowest BCUT2D eigenvalue weighted by Crippen LogP contribution is -1.80. The van der Waals surface area contributed by atoms with Crippen LogP contribution in [-0.4, -0.2) is 4.98 Å². The van der Waals surface area contributed by atoms with Gasteiger partial charge in [-0.25, -0.2) is 0 Å². The molecule has 26 heavy (non-hydrogen) atoms. The molecule has 5 aromatic rings. The molecule has 1 N–H and O–H groups in total. The molecule has 0 fully saturated rings. The summed E-state index contributed by atoms with van der Waals surface area (Å²) in [6.45, 7) is 0. The van der Waals surface area contributed by atoms with E-state index in [0.29, 0.717) is 0 Å². The zero-order valence-electron chi connectivity index (χ0n) is 14.0. The van der Waals surface area contributed by atoms with Gasteiger partial charge >= 0.3 is 0 Å². The number of halogens is 1. The van der Waals surface area contributed by atoms with Crippen molar-refractivity contribution in [2.75, 3.05) is 0 Å². The van der Waals surface area contributed by atoms with Gasteiger partial charge in [-0.1, -0.05) is 72.3 Å². The Bertz CT molecular complexity index is 1220. The van der Waals surface area contributed by atoms with E-state index in [9.17, 15) is 0 Å². The molecule has 0 aliphatic carbocycles. The Morgan fingerprint density at radius 3 is 1.77 bits per heavy atom. The topological polar surface area (TPSA) is 15.8 Å². The molecule has 0 saturated heterocycles. The van der Waals surface area contributed by atoms with E-state index < -0.39 is 0 Å². The van der Waals surface area contributed by atoms with E-state index in [4.69, 9.17) is 11.6 Å². The van der Waals surface area contributed by atoms with E-state index in [0.717, 1.165) is 21.4 Å². The Hall–Kier alpha value is -3.03. The first-order valence-corrected chi connectivity index (χ1v) is 9.03. The Balaban J connectivity index is 1.60. The van der Waals surface area contributed by atoms with Gasteiger partial charge in [-0.3, -0.25) is 0 Å². The first kappa shape index (κ1) is 15.2. The molecule has 0 aliphatic rings. The van der Waals surface area contributed by atoms with Gasteiger partial charge in [0.25, 0.3) is 0 Å². The molecule has 124 valence electrons. The van der Waals surface area contributed by atoms with Crippen LogP contribution < -0.4 is 0 Å². The van der Waals surface area contributed by atoms with Crippen LogP contribution >= 0.6 is 11.6 Å². The van der Waals surface area contributed by atoms with Crippen molar-refractivity contribution in [1.82, 2.24) is 4.98 Å². The molecule has 1 heterocycles. The van der Waals surface area contributed by atoms with E-state index >= 15 is 0 Å². The Morgan fingerprint density at radius 2 is 1.04 bits per heavy atom. The predicted octanol–water partition coefficient (Wildman–Crippen LogP) is 7.31. The Kier molecular flexibility index (Phi) is 3.55. The lowest BCUT2D eigenvalue weighted by molar-refractivity contribution is 1.54. The summed E-state index contributed by atoms with van der Waals surface area (Å²) < 4.78 is 0. The van der Waals surface area contributed by atoms with E-state index in [1.165, 1.54) is 27.6 Å². The second kappa shape index (κ2) is 6.05. The maximum atomic E-state index is 6.19. The SMILES string of the molecule is Clc1ccc2[nH]c3ccc(-c4ccc(-c5ccccc5)cc4)cc3c2c1. The van der Waals surface area contributed by atoms with Crippen molar-refractivity contribution in [2.45, 2.75) is 0 Å². The molecule has 0 bridgehead atoms. The predicted molar refractivity (Wildman–Crippen MR) is 112 cm³/mol. The summed E-state index contributed by atoms with van der Waals surface area (Å²) in [6, 6.07) is 31.7. The highest BCUT2D eigenvalue weighted by Gasteiger charge is 2.07. The molecule has 4 aromatic carbocycles. The van der Waals surface area contributed by atoms with Crippen LogP contribution in [0.1, 0.15) is 0 Å². The number of aromatic nitrogens is 1. The monoisotopic (exact) mass is 353 g/mol. The highest BCUT2D eigenvalue weighted by molar-refractivity contribution is 6.31. The largest absolute Gasteiger partial charge is 0.355 e. The van der Waals surface area contributed by atoms with Crippen LogP contribution in [0.15, 0.2) is 91.0 Å². The number of fused-ring (bicyclic) bond motifs is 3. The first-order chi connectivity index (χ1) is 12.8. The van der Waals surface area contributed by atoms with Gasteiger partial charge in [-0.2, -0.15) is 0 Å². The summed E-state index contributed by atoms with van der Waals surface area (Å²) in [6.07, 6.45) is 0. The fourth-order valence-corrected chi connectivity index (χ4v) is 3.71. The van der Waals surface area contributed by atoms with Gasteiger partial charge < -0.3 is 4.98 Å². The lowest BCUT2D eigenvalue weighted by atomic mass is 9.99. The van der Waals surface area contributed by atoms with Crippen LogP contribution in [0.25, 0.3) is 44.1 Å². The van der Waals surface area contributed by atoms with Gasteiger partial charge in [0, 0.05) is 26.8 Å². The number of hydrogen-bond donors (Lipinski definition) is 1. The number of aromatic amines is 1. The maximum absolute atomic E-state index is 6.19. The number of nitrogens with one attached hydrogen (secondary N) is 1. The minimum absolute atomic E-state index is 0.760. The molecule has 2 heteroatoms. The molecule has 0 aliphatic heterocycles. The second-order valence-corrected chi connectivity index (χ2v) is 6.96. The summed E-state index contributed by atoms with van der Waals surface area (Å²) in [5.74, 6) is 0. The molecule has 0 amide bonds. The van der Waals surface area contributed by atoms with Crippen LogP contribution in [0, 0.1) is 0 Å². The van der Waals surface area contributed by atoms with Gasteiger partial charge in [-0.15, -0.1) is 0 Å². The van der Waals surface area contributed by atoms with E-state index in [2.05, 4.69) is 71.7 Å². The summed E-state index contributed by atoms with van der Waals surface area (Å²) >= 11 is 6.19. The van der Waals surface area contributed by atoms with Crippen molar-refractivity contribution in [3.8, 4) is 22.3 Å². The van der Waals surface area contributed by atoms with Crippen LogP contribution in [0.5, 0.6) is 0 Å². The van der Waals surface area contributed by atoms with Gasteiger partial charge in [-0.05, 0) is 52.6 Å². The minimum atomic E-state index is 0.760. The lowest BCUT2D eigenvalue weighted by Gasteiger charge is -2.05. The van der Waals surface area contributed by atoms with Crippen LogP contribution in [0.2, 0.25) is 5.02 Å². The molecule has 5 rings (SSSR count). The average Bonchev–Trinajstić information content (AvgIpc) is 3.06. The van der Waals surface area contributed by atoms with Crippen LogP contribution in [0.4, 0.5) is 0 Å². The van der Waals surface area contributed by atoms with E-state index in [-0.39, 0.29) is 0 Å². The molecule has 0 spiro atoms. The van der Waals surface area contributed by atoms with Gasteiger partial charge in [0.05, 0.1) is 0 Å². The number of hydrogen-bond acceptors (Lipinski definition) is 0. The normalized spacial score (nSPS) is 11.3. The van der Waals surface area contributed by atoms with E-state index in [1.54, 1.807) is 0 Å². The standard InChI is InChI=1S/C24H16ClN/c25-20-11-13-24-22(15-20)21-14-19(10-12-23(21)26-24)18-8-6-17(7-9-18)16-4-2-1-3-5-16/h1-15,26H. The quantitative estimate of drug-likeness (QED) is 0.342. The Morgan fingerprint density at radius 1 is 0.500 bits per heavy atom. The van der Waals surface area contributed by atoms with Crippen molar-refractivity contribution < 1.29 is 0 Å². The first-order valence-electron chi connectivity index (χ1n) is 8.65. The summed E-state index contributed by atoms with van der Waals surface area (Å²) in [4.78, 5) is 3.46. The molecular weight excluding hydrogens is 338 g/mol. The molecule has 0 atom stereocenters. The van der Waals surface area contributed by atoms with Gasteiger partial charge in [0.2, 0.25) is 0 Å². The average molecular weight is 354 g/mol. The highest BCUT2D eigenvalue weighted by atomic mass is 35.5. The van der Waals surface area contributed by atoms with E-state index in [1.807, 2.05) is 24.3 Å². The zero-order chi connectivity index (χ0) is 17.5. The third-order valence-corrected chi connectivity index (χ3v) is 5.12. The van der Waals surface area contributed by atoms with Gasteiger partial charge in [0.15, 0.2) is 0 Å². The van der Waals surface area contributed by atoms with Crippen molar-refractivity contribution in [2.24, 2.45) is 0 Å². The number of H-pyrrole nitrogens is 1. The van der Waals surface area contributed by atoms with Gasteiger partial charge in [0.1, 0.15) is 0 Å². The highest BCUT2D eigenvalue weighted by Crippen LogP contribution is 2.32. The molecule has 1 nitrogen and oxygen atoms in total. The maximum Gasteiger partial charge on any atom is 0.0465 e. The third-order valence-electron chi connectivity index (χ3n) is 4.89. The summed E-state index contributed by atoms with van der Waals surface area (Å²) in [5.41, 5.74) is 7.13. The van der Waals surface area contributed by atoms with Crippen molar-refractivity contribution in [3.05, 3.63) is 96.0 Å². The smallest absolute Gasteiger partial charge is 0.0465 e. The molecule has 0 unspecified atom stereocenters. The fourth-order valence-electron chi connectivity index (χ4n) is 3.53. The minimum Gasteiger partial charge on any atom is -0.355 e. The molecular formula is C24H16ClN. The van der Waals surface area contributed by atoms with Crippen LogP contribution in [0.3, 0.4) is 0 Å². The number of rotatable bonds is 2. The fraction of sp³-hybridized carbons (Fsp3) is 0. The van der Waals surface area contributed by atoms with Crippen molar-refractivity contribution >= 4 is 33.4 Å². The Labute approximate surface area is 156 Å². The van der Waals surface area contributed by atoms with Crippen molar-refractivity contribution in [1.29, 1.82) is 0 Å². The summed E-state index contributed by atoms with van der Waals surface area (Å²) in [5, 5.41) is 3.12. The van der Waals surface area contributed by atoms with Crippen molar-refractivity contribution in [3.63, 3.8) is 0 Å². The molecule has 1 aromatic heterocycles. The van der Waals surface area contributed by atoms with Crippen LogP contribution in [-0.2, 0) is 0 Å². The molecule has 0 saturated carbocycles. The third kappa shape index (κ3) is 2.58.